The molecule has 28 heavy (non-hydrogen) atoms. The van der Waals surface area contributed by atoms with E-state index < -0.39 is 0 Å². The summed E-state index contributed by atoms with van der Waals surface area (Å²) in [6, 6.07) is 16.0. The summed E-state index contributed by atoms with van der Waals surface area (Å²) in [7, 11) is 3.67. The zero-order valence-electron chi connectivity index (χ0n) is 15.7. The number of rotatable bonds is 7. The number of hydrogen-bond donors (Lipinski definition) is 0. The molecule has 0 aliphatic carbocycles. The summed E-state index contributed by atoms with van der Waals surface area (Å²) in [5.74, 6) is 1.43. The van der Waals surface area contributed by atoms with Crippen molar-refractivity contribution in [3.05, 3.63) is 69.8 Å². The summed E-state index contributed by atoms with van der Waals surface area (Å²) in [4.78, 5) is 7.17. The Balaban J connectivity index is 1.41. The SMILES string of the molecule is COc1ccc(Cc2nn(CN(C)Cc3nc4ccccc4s3)c(=S)o2)cc1. The second-order valence-electron chi connectivity index (χ2n) is 6.52. The van der Waals surface area contributed by atoms with Gasteiger partial charge in [0, 0.05) is 0 Å². The number of aromatic nitrogens is 3. The maximum atomic E-state index is 5.67. The van der Waals surface area contributed by atoms with Gasteiger partial charge in [0.05, 0.1) is 37.0 Å². The number of thiazole rings is 1. The fourth-order valence-electron chi connectivity index (χ4n) is 2.93. The molecule has 4 aromatic rings. The van der Waals surface area contributed by atoms with Crippen molar-refractivity contribution in [1.29, 1.82) is 0 Å². The average molecular weight is 413 g/mol. The Bertz CT molecular complexity index is 1100. The van der Waals surface area contributed by atoms with Crippen LogP contribution in [0.1, 0.15) is 16.5 Å². The van der Waals surface area contributed by atoms with Crippen LogP contribution in [0.25, 0.3) is 10.2 Å². The van der Waals surface area contributed by atoms with Gasteiger partial charge in [0.25, 0.3) is 4.84 Å². The third kappa shape index (κ3) is 4.30. The first kappa shape index (κ1) is 18.8. The molecule has 0 atom stereocenters. The molecule has 0 unspecified atom stereocenters. The van der Waals surface area contributed by atoms with Gasteiger partial charge in [0.15, 0.2) is 0 Å². The van der Waals surface area contributed by atoms with Crippen LogP contribution in [-0.4, -0.2) is 33.8 Å². The van der Waals surface area contributed by atoms with Gasteiger partial charge in [-0.1, -0.05) is 24.3 Å². The van der Waals surface area contributed by atoms with Crippen LogP contribution in [-0.2, 0) is 19.6 Å². The number of nitrogens with zero attached hydrogens (tertiary/aromatic N) is 4. The van der Waals surface area contributed by atoms with Crippen molar-refractivity contribution in [2.24, 2.45) is 0 Å². The van der Waals surface area contributed by atoms with E-state index in [2.05, 4.69) is 21.0 Å². The maximum absolute atomic E-state index is 5.67. The van der Waals surface area contributed by atoms with Crippen molar-refractivity contribution in [1.82, 2.24) is 19.7 Å². The highest BCUT2D eigenvalue weighted by Gasteiger charge is 2.11. The molecule has 0 aliphatic rings. The van der Waals surface area contributed by atoms with Crippen LogP contribution < -0.4 is 4.74 Å². The molecule has 0 bridgehead atoms. The normalized spacial score (nSPS) is 11.4. The van der Waals surface area contributed by atoms with Crippen LogP contribution in [0.3, 0.4) is 0 Å². The van der Waals surface area contributed by atoms with Crippen molar-refractivity contribution in [2.45, 2.75) is 19.6 Å². The van der Waals surface area contributed by atoms with Crippen molar-refractivity contribution in [3.8, 4) is 5.75 Å². The van der Waals surface area contributed by atoms with Crippen LogP contribution in [0.2, 0.25) is 0 Å². The van der Waals surface area contributed by atoms with Crippen LogP contribution in [0.4, 0.5) is 0 Å². The molecule has 0 fully saturated rings. The van der Waals surface area contributed by atoms with E-state index in [9.17, 15) is 0 Å². The minimum absolute atomic E-state index is 0.375. The molecule has 2 aromatic carbocycles. The highest BCUT2D eigenvalue weighted by molar-refractivity contribution is 7.71. The second kappa shape index (κ2) is 8.22. The third-order valence-electron chi connectivity index (χ3n) is 4.28. The number of methoxy groups -OCH3 is 1. The lowest BCUT2D eigenvalue weighted by Gasteiger charge is -2.13. The molecule has 0 radical (unpaired) electrons. The predicted molar refractivity (Wildman–Crippen MR) is 112 cm³/mol. The van der Waals surface area contributed by atoms with E-state index in [1.165, 1.54) is 4.70 Å². The zero-order chi connectivity index (χ0) is 19.5. The smallest absolute Gasteiger partial charge is 0.288 e. The number of benzene rings is 2. The minimum atomic E-state index is 0.375. The van der Waals surface area contributed by atoms with E-state index in [1.807, 2.05) is 49.5 Å². The first-order chi connectivity index (χ1) is 13.6. The molecule has 144 valence electrons. The summed E-state index contributed by atoms with van der Waals surface area (Å²) in [6.07, 6.45) is 0.586. The van der Waals surface area contributed by atoms with Crippen LogP contribution in [0, 0.1) is 4.84 Å². The summed E-state index contributed by atoms with van der Waals surface area (Å²) < 4.78 is 13.8. The van der Waals surface area contributed by atoms with Gasteiger partial charge < -0.3 is 9.15 Å². The van der Waals surface area contributed by atoms with Gasteiger partial charge in [-0.3, -0.25) is 4.90 Å². The zero-order valence-corrected chi connectivity index (χ0v) is 17.3. The lowest BCUT2D eigenvalue weighted by molar-refractivity contribution is 0.240. The predicted octanol–water partition coefficient (Wildman–Crippen LogP) is 4.50. The first-order valence-corrected chi connectivity index (χ1v) is 10.1. The van der Waals surface area contributed by atoms with Crippen molar-refractivity contribution >= 4 is 33.8 Å². The lowest BCUT2D eigenvalue weighted by Crippen LogP contribution is -2.22. The Hall–Kier alpha value is -2.55. The summed E-state index contributed by atoms with van der Waals surface area (Å²) in [6.45, 7) is 1.27. The minimum Gasteiger partial charge on any atom is -0.497 e. The number of para-hydroxylation sites is 1. The Labute approximate surface area is 172 Å². The average Bonchev–Trinajstić information content (AvgIpc) is 3.24. The molecule has 0 saturated heterocycles. The molecule has 8 heteroatoms. The number of fused-ring (bicyclic) bond motifs is 1. The first-order valence-electron chi connectivity index (χ1n) is 8.83. The van der Waals surface area contributed by atoms with Gasteiger partial charge in [-0.15, -0.1) is 16.4 Å². The van der Waals surface area contributed by atoms with Crippen LogP contribution in [0.5, 0.6) is 5.75 Å². The Kier molecular flexibility index (Phi) is 5.52. The largest absolute Gasteiger partial charge is 0.497 e. The standard InChI is InChI=1S/C20H20N4O2S2/c1-23(12-19-21-16-5-3-4-6-17(16)28-19)13-24-20(27)26-18(22-24)11-14-7-9-15(25-2)10-8-14/h3-10H,11-13H2,1-2H3. The van der Waals surface area contributed by atoms with Gasteiger partial charge in [-0.2, -0.15) is 0 Å². The molecule has 0 amide bonds. The molecule has 0 aliphatic heterocycles. The summed E-state index contributed by atoms with van der Waals surface area (Å²) in [5.41, 5.74) is 2.13. The quantitative estimate of drug-likeness (QED) is 0.417. The summed E-state index contributed by atoms with van der Waals surface area (Å²) >= 11 is 7.05. The lowest BCUT2D eigenvalue weighted by atomic mass is 10.1. The Morgan fingerprint density at radius 2 is 1.96 bits per heavy atom. The van der Waals surface area contributed by atoms with Crippen molar-refractivity contribution < 1.29 is 9.15 Å². The Morgan fingerprint density at radius 1 is 1.18 bits per heavy atom. The van der Waals surface area contributed by atoms with Gasteiger partial charge in [-0.05, 0) is 49.1 Å². The molecule has 0 N–H and O–H groups in total. The molecule has 2 aromatic heterocycles. The highest BCUT2D eigenvalue weighted by atomic mass is 32.1. The fraction of sp³-hybridized carbons (Fsp3) is 0.250. The highest BCUT2D eigenvalue weighted by Crippen LogP contribution is 2.22. The monoisotopic (exact) mass is 412 g/mol. The third-order valence-corrected chi connectivity index (χ3v) is 5.60. The number of ether oxygens (including phenoxy) is 1. The van der Waals surface area contributed by atoms with E-state index in [4.69, 9.17) is 21.4 Å². The van der Waals surface area contributed by atoms with E-state index in [0.717, 1.165) is 28.4 Å². The van der Waals surface area contributed by atoms with Crippen LogP contribution >= 0.6 is 23.6 Å². The fourth-order valence-corrected chi connectivity index (χ4v) is 4.17. The van der Waals surface area contributed by atoms with Gasteiger partial charge in [0.2, 0.25) is 5.89 Å². The molecule has 2 heterocycles. The maximum Gasteiger partial charge on any atom is 0.288 e. The van der Waals surface area contributed by atoms with Crippen molar-refractivity contribution in [2.75, 3.05) is 14.2 Å². The van der Waals surface area contributed by atoms with Crippen molar-refractivity contribution in [3.63, 3.8) is 0 Å². The number of hydrogen-bond acceptors (Lipinski definition) is 7. The van der Waals surface area contributed by atoms with Crippen LogP contribution in [0.15, 0.2) is 52.9 Å². The van der Waals surface area contributed by atoms with E-state index >= 15 is 0 Å². The topological polar surface area (TPSA) is 56.3 Å². The molecule has 4 rings (SSSR count). The second-order valence-corrected chi connectivity index (χ2v) is 7.98. The van der Waals surface area contributed by atoms with E-state index in [0.29, 0.717) is 23.8 Å². The van der Waals surface area contributed by atoms with E-state index in [-0.39, 0.29) is 0 Å². The van der Waals surface area contributed by atoms with Gasteiger partial charge in [0.1, 0.15) is 10.8 Å². The van der Waals surface area contributed by atoms with Gasteiger partial charge >= 0.3 is 0 Å². The van der Waals surface area contributed by atoms with Gasteiger partial charge in [-0.25, -0.2) is 9.67 Å². The molecule has 0 spiro atoms. The molecule has 6 nitrogen and oxygen atoms in total. The molecular formula is C20H20N4O2S2. The molecular weight excluding hydrogens is 392 g/mol. The van der Waals surface area contributed by atoms with E-state index in [1.54, 1.807) is 23.1 Å². The molecule has 0 saturated carbocycles. The summed E-state index contributed by atoms with van der Waals surface area (Å²) in [5, 5.41) is 5.59. The Morgan fingerprint density at radius 3 is 2.71 bits per heavy atom.